The van der Waals surface area contributed by atoms with E-state index in [4.69, 9.17) is 16.7 Å². The van der Waals surface area contributed by atoms with Crippen LogP contribution < -0.4 is 10.5 Å². The Balaban J connectivity index is 1.62. The molecule has 2 aromatic rings. The number of nitrogens with two attached hydrogens (primary N) is 1. The van der Waals surface area contributed by atoms with Crippen molar-refractivity contribution in [1.29, 1.82) is 0 Å². The van der Waals surface area contributed by atoms with Crippen LogP contribution in [0.1, 0.15) is 41.7 Å². The summed E-state index contributed by atoms with van der Waals surface area (Å²) in [7, 11) is -3.76. The number of hydrogen-bond acceptors (Lipinski definition) is 4. The van der Waals surface area contributed by atoms with E-state index < -0.39 is 10.0 Å². The van der Waals surface area contributed by atoms with Crippen LogP contribution in [0.3, 0.4) is 0 Å². The highest BCUT2D eigenvalue weighted by Gasteiger charge is 2.29. The summed E-state index contributed by atoms with van der Waals surface area (Å²) in [6, 6.07) is 12.5. The monoisotopic (exact) mass is 449 g/mol. The van der Waals surface area contributed by atoms with Crippen molar-refractivity contribution >= 4 is 33.4 Å². The van der Waals surface area contributed by atoms with Crippen LogP contribution in [-0.2, 0) is 14.8 Å². The van der Waals surface area contributed by atoms with Crippen LogP contribution in [0, 0.1) is 5.92 Å². The van der Waals surface area contributed by atoms with Crippen molar-refractivity contribution in [1.82, 2.24) is 10.2 Å². The standard InChI is InChI=1S/C21H24ClN3O4S/c1-14(15-6-10-19(11-7-15)30(23,28)29)24-20(26)17-3-2-12-25(13-17)21(27)16-4-8-18(22)9-5-16/h4-11,14,17H,2-3,12-13H2,1H3,(H,24,26)(H2,23,28,29)/t14-,17-/m0/s1. The first-order valence-electron chi connectivity index (χ1n) is 9.63. The number of benzene rings is 2. The van der Waals surface area contributed by atoms with Crippen LogP contribution in [-0.4, -0.2) is 38.2 Å². The van der Waals surface area contributed by atoms with E-state index >= 15 is 0 Å². The Morgan fingerprint density at radius 2 is 1.77 bits per heavy atom. The zero-order chi connectivity index (χ0) is 21.9. The fourth-order valence-electron chi connectivity index (χ4n) is 3.51. The number of nitrogens with zero attached hydrogens (tertiary/aromatic N) is 1. The lowest BCUT2D eigenvalue weighted by atomic mass is 9.95. The SMILES string of the molecule is C[C@H](NC(=O)[C@H]1CCCN(C(=O)c2ccc(Cl)cc2)C1)c1ccc(S(N)(=O)=O)cc1. The van der Waals surface area contributed by atoms with Crippen LogP contribution in [0.25, 0.3) is 0 Å². The van der Waals surface area contributed by atoms with Gasteiger partial charge < -0.3 is 10.2 Å². The van der Waals surface area contributed by atoms with E-state index in [1.165, 1.54) is 12.1 Å². The fourth-order valence-corrected chi connectivity index (χ4v) is 4.15. The molecule has 0 bridgehead atoms. The Kier molecular flexibility index (Phi) is 6.80. The van der Waals surface area contributed by atoms with Gasteiger partial charge in [0.1, 0.15) is 0 Å². The largest absolute Gasteiger partial charge is 0.349 e. The Morgan fingerprint density at radius 3 is 2.37 bits per heavy atom. The summed E-state index contributed by atoms with van der Waals surface area (Å²) in [5.41, 5.74) is 1.31. The van der Waals surface area contributed by atoms with Crippen molar-refractivity contribution in [3.8, 4) is 0 Å². The summed E-state index contributed by atoms with van der Waals surface area (Å²) in [5.74, 6) is -0.552. The molecule has 0 radical (unpaired) electrons. The van der Waals surface area contributed by atoms with Gasteiger partial charge in [-0.3, -0.25) is 9.59 Å². The molecule has 2 amide bonds. The van der Waals surface area contributed by atoms with Crippen molar-refractivity contribution in [3.63, 3.8) is 0 Å². The number of piperidine rings is 1. The second kappa shape index (κ2) is 9.16. The van der Waals surface area contributed by atoms with Gasteiger partial charge in [0.2, 0.25) is 15.9 Å². The van der Waals surface area contributed by atoms with E-state index in [2.05, 4.69) is 5.32 Å². The van der Waals surface area contributed by atoms with Gasteiger partial charge in [0.05, 0.1) is 16.9 Å². The van der Waals surface area contributed by atoms with E-state index in [1.807, 2.05) is 6.92 Å². The molecule has 0 saturated carbocycles. The van der Waals surface area contributed by atoms with Gasteiger partial charge in [0, 0.05) is 23.7 Å². The molecule has 2 atom stereocenters. The van der Waals surface area contributed by atoms with Gasteiger partial charge in [-0.1, -0.05) is 23.7 Å². The van der Waals surface area contributed by atoms with Gasteiger partial charge in [-0.2, -0.15) is 0 Å². The quantitative estimate of drug-likeness (QED) is 0.731. The highest BCUT2D eigenvalue weighted by atomic mass is 35.5. The zero-order valence-electron chi connectivity index (χ0n) is 16.5. The molecule has 3 N–H and O–H groups in total. The van der Waals surface area contributed by atoms with E-state index in [1.54, 1.807) is 41.3 Å². The summed E-state index contributed by atoms with van der Waals surface area (Å²) in [4.78, 5) is 27.2. The van der Waals surface area contributed by atoms with Crippen LogP contribution in [0.5, 0.6) is 0 Å². The van der Waals surface area contributed by atoms with E-state index in [-0.39, 0.29) is 28.7 Å². The predicted octanol–water partition coefficient (Wildman–Crippen LogP) is 2.72. The maximum absolute atomic E-state index is 12.8. The van der Waals surface area contributed by atoms with Crippen molar-refractivity contribution < 1.29 is 18.0 Å². The molecule has 2 aromatic carbocycles. The number of amides is 2. The van der Waals surface area contributed by atoms with Crippen LogP contribution >= 0.6 is 11.6 Å². The predicted molar refractivity (Wildman–Crippen MR) is 114 cm³/mol. The lowest BCUT2D eigenvalue weighted by Crippen LogP contribution is -2.45. The van der Waals surface area contributed by atoms with Gasteiger partial charge in [0.15, 0.2) is 0 Å². The zero-order valence-corrected chi connectivity index (χ0v) is 18.1. The Labute approximate surface area is 181 Å². The van der Waals surface area contributed by atoms with Gasteiger partial charge in [-0.15, -0.1) is 0 Å². The molecule has 0 spiro atoms. The van der Waals surface area contributed by atoms with Crippen molar-refractivity contribution in [2.75, 3.05) is 13.1 Å². The summed E-state index contributed by atoms with van der Waals surface area (Å²) in [6.07, 6.45) is 1.45. The molecular formula is C21H24ClN3O4S. The minimum atomic E-state index is -3.76. The first-order chi connectivity index (χ1) is 14.1. The normalized spacial score (nSPS) is 18.0. The number of rotatable bonds is 5. The van der Waals surface area contributed by atoms with Gasteiger partial charge in [0.25, 0.3) is 5.91 Å². The number of primary sulfonamides is 1. The van der Waals surface area contributed by atoms with Gasteiger partial charge in [-0.05, 0) is 61.7 Å². The third-order valence-electron chi connectivity index (χ3n) is 5.24. The second-order valence-electron chi connectivity index (χ2n) is 7.44. The lowest BCUT2D eigenvalue weighted by molar-refractivity contribution is -0.127. The molecule has 7 nitrogen and oxygen atoms in total. The number of nitrogens with one attached hydrogen (secondary N) is 1. The maximum atomic E-state index is 12.8. The molecule has 1 aliphatic heterocycles. The van der Waals surface area contributed by atoms with Gasteiger partial charge in [-0.25, -0.2) is 13.6 Å². The fraction of sp³-hybridized carbons (Fsp3) is 0.333. The smallest absolute Gasteiger partial charge is 0.253 e. The molecule has 1 saturated heterocycles. The molecule has 1 aliphatic rings. The first kappa shape index (κ1) is 22.3. The Bertz CT molecular complexity index is 1020. The molecular weight excluding hydrogens is 426 g/mol. The van der Waals surface area contributed by atoms with Crippen LogP contribution in [0.4, 0.5) is 0 Å². The average molecular weight is 450 g/mol. The highest BCUT2D eigenvalue weighted by molar-refractivity contribution is 7.89. The van der Waals surface area contributed by atoms with Crippen LogP contribution in [0.2, 0.25) is 5.02 Å². The minimum Gasteiger partial charge on any atom is -0.349 e. The van der Waals surface area contributed by atoms with Crippen LogP contribution in [0.15, 0.2) is 53.4 Å². The molecule has 3 rings (SSSR count). The summed E-state index contributed by atoms with van der Waals surface area (Å²) in [5, 5.41) is 8.63. The highest BCUT2D eigenvalue weighted by Crippen LogP contribution is 2.22. The number of likely N-dealkylation sites (tertiary alicyclic amines) is 1. The molecule has 160 valence electrons. The van der Waals surface area contributed by atoms with Gasteiger partial charge >= 0.3 is 0 Å². The molecule has 0 unspecified atom stereocenters. The van der Waals surface area contributed by atoms with E-state index in [9.17, 15) is 18.0 Å². The second-order valence-corrected chi connectivity index (χ2v) is 9.44. The Hall–Kier alpha value is -2.42. The van der Waals surface area contributed by atoms with Crippen molar-refractivity contribution in [2.24, 2.45) is 11.1 Å². The van der Waals surface area contributed by atoms with E-state index in [0.717, 1.165) is 12.0 Å². The minimum absolute atomic E-state index is 0.0217. The number of sulfonamides is 1. The summed E-state index contributed by atoms with van der Waals surface area (Å²) >= 11 is 5.88. The molecule has 30 heavy (non-hydrogen) atoms. The number of carbonyl (C=O) groups is 2. The lowest BCUT2D eigenvalue weighted by Gasteiger charge is -2.32. The van der Waals surface area contributed by atoms with Crippen molar-refractivity contribution in [2.45, 2.75) is 30.7 Å². The van der Waals surface area contributed by atoms with E-state index in [0.29, 0.717) is 30.1 Å². The molecule has 9 heteroatoms. The average Bonchev–Trinajstić information content (AvgIpc) is 2.73. The third-order valence-corrected chi connectivity index (χ3v) is 6.42. The number of halogens is 1. The summed E-state index contributed by atoms with van der Waals surface area (Å²) < 4.78 is 22.7. The molecule has 0 aromatic heterocycles. The molecule has 1 heterocycles. The maximum Gasteiger partial charge on any atom is 0.253 e. The topological polar surface area (TPSA) is 110 Å². The van der Waals surface area contributed by atoms with Crippen molar-refractivity contribution in [3.05, 3.63) is 64.7 Å². The molecule has 0 aliphatic carbocycles. The summed E-state index contributed by atoms with van der Waals surface area (Å²) in [6.45, 7) is 2.78. The first-order valence-corrected chi connectivity index (χ1v) is 11.6. The molecule has 1 fully saturated rings. The number of hydrogen-bond donors (Lipinski definition) is 2. The Morgan fingerprint density at radius 1 is 1.13 bits per heavy atom. The third kappa shape index (κ3) is 5.38. The number of carbonyl (C=O) groups excluding carboxylic acids is 2.